The van der Waals surface area contributed by atoms with Crippen LogP contribution in [-0.2, 0) is 22.4 Å². The third-order valence-electron chi connectivity index (χ3n) is 6.13. The van der Waals surface area contributed by atoms with Crippen molar-refractivity contribution in [1.82, 2.24) is 9.80 Å². The Morgan fingerprint density at radius 1 is 1.00 bits per heavy atom. The number of carbonyl (C=O) groups is 2. The first-order chi connectivity index (χ1) is 16.1. The van der Waals surface area contributed by atoms with E-state index < -0.39 is 0 Å². The molecule has 9 heteroatoms. The molecule has 1 aromatic heterocycles. The minimum absolute atomic E-state index is 0.0867. The van der Waals surface area contributed by atoms with Crippen LogP contribution in [0.2, 0.25) is 0 Å². The number of fused-ring (bicyclic) bond motifs is 1. The second-order valence-corrected chi connectivity index (χ2v) is 9.35. The van der Waals surface area contributed by atoms with Crippen molar-refractivity contribution in [2.75, 3.05) is 65.4 Å². The number of piperazine rings is 1. The molecular formula is C24H31N3O5S. The predicted octanol–water partition coefficient (Wildman–Crippen LogP) is 2.67. The molecule has 0 unspecified atom stereocenters. The molecule has 178 valence electrons. The highest BCUT2D eigenvalue weighted by Crippen LogP contribution is 2.39. The SMILES string of the molecule is COC(=O)c1c(NC(=O)CN2CCN(CCOc3ccc(OC)cc3)CC2)sc2c1CCC2. The average molecular weight is 474 g/mol. The minimum atomic E-state index is -0.366. The van der Waals surface area contributed by atoms with Crippen LogP contribution in [0.15, 0.2) is 24.3 Å². The molecule has 1 fully saturated rings. The van der Waals surface area contributed by atoms with E-state index in [1.54, 1.807) is 7.11 Å². The van der Waals surface area contributed by atoms with Gasteiger partial charge in [-0.25, -0.2) is 4.79 Å². The fourth-order valence-corrected chi connectivity index (χ4v) is 5.61. The molecule has 0 spiro atoms. The van der Waals surface area contributed by atoms with Crippen LogP contribution in [0.5, 0.6) is 11.5 Å². The highest BCUT2D eigenvalue weighted by atomic mass is 32.1. The van der Waals surface area contributed by atoms with E-state index >= 15 is 0 Å². The Kier molecular flexibility index (Phi) is 7.85. The van der Waals surface area contributed by atoms with E-state index in [-0.39, 0.29) is 11.9 Å². The lowest BCUT2D eigenvalue weighted by atomic mass is 10.1. The zero-order valence-electron chi connectivity index (χ0n) is 19.2. The quantitative estimate of drug-likeness (QED) is 0.561. The summed E-state index contributed by atoms with van der Waals surface area (Å²) in [6.45, 7) is 5.20. The molecule has 8 nitrogen and oxygen atoms in total. The number of hydrogen-bond donors (Lipinski definition) is 1. The molecule has 4 rings (SSSR count). The summed E-state index contributed by atoms with van der Waals surface area (Å²) in [7, 11) is 3.03. The summed E-state index contributed by atoms with van der Waals surface area (Å²) in [4.78, 5) is 30.6. The normalized spacial score (nSPS) is 16.3. The second kappa shape index (κ2) is 11.0. The lowest BCUT2D eigenvalue weighted by Gasteiger charge is -2.34. The Bertz CT molecular complexity index is 967. The Balaban J connectivity index is 1.20. The number of aryl methyl sites for hydroxylation is 1. The number of amides is 1. The molecule has 1 amide bonds. The fraction of sp³-hybridized carbons (Fsp3) is 0.500. The van der Waals surface area contributed by atoms with Gasteiger partial charge in [-0.15, -0.1) is 11.3 Å². The number of anilines is 1. The number of benzene rings is 1. The van der Waals surface area contributed by atoms with E-state index in [4.69, 9.17) is 14.2 Å². The van der Waals surface area contributed by atoms with Crippen LogP contribution in [0, 0.1) is 0 Å². The molecule has 0 radical (unpaired) electrons. The first-order valence-electron chi connectivity index (χ1n) is 11.3. The molecule has 2 heterocycles. The molecule has 1 aromatic carbocycles. The first-order valence-corrected chi connectivity index (χ1v) is 12.1. The summed E-state index contributed by atoms with van der Waals surface area (Å²) in [5.74, 6) is 1.19. The zero-order chi connectivity index (χ0) is 23.2. The second-order valence-electron chi connectivity index (χ2n) is 8.24. The van der Waals surface area contributed by atoms with Gasteiger partial charge in [-0.1, -0.05) is 0 Å². The van der Waals surface area contributed by atoms with E-state index in [1.165, 1.54) is 23.3 Å². The largest absolute Gasteiger partial charge is 0.497 e. The molecule has 1 aliphatic heterocycles. The third kappa shape index (κ3) is 5.85. The van der Waals surface area contributed by atoms with Gasteiger partial charge in [0.15, 0.2) is 0 Å². The molecular weight excluding hydrogens is 442 g/mol. The van der Waals surface area contributed by atoms with Gasteiger partial charge in [-0.2, -0.15) is 0 Å². The number of esters is 1. The summed E-state index contributed by atoms with van der Waals surface area (Å²) >= 11 is 1.51. The van der Waals surface area contributed by atoms with Gasteiger partial charge in [0, 0.05) is 37.6 Å². The number of carbonyl (C=O) groups excluding carboxylic acids is 2. The van der Waals surface area contributed by atoms with Gasteiger partial charge in [-0.3, -0.25) is 14.6 Å². The van der Waals surface area contributed by atoms with Crippen LogP contribution in [0.25, 0.3) is 0 Å². The van der Waals surface area contributed by atoms with E-state index in [0.29, 0.717) is 23.7 Å². The van der Waals surface area contributed by atoms with Crippen molar-refractivity contribution in [3.63, 3.8) is 0 Å². The van der Waals surface area contributed by atoms with Crippen LogP contribution in [0.1, 0.15) is 27.2 Å². The number of methoxy groups -OCH3 is 2. The number of nitrogens with zero attached hydrogens (tertiary/aromatic N) is 2. The van der Waals surface area contributed by atoms with Crippen molar-refractivity contribution in [3.8, 4) is 11.5 Å². The van der Waals surface area contributed by atoms with Gasteiger partial charge in [0.2, 0.25) is 5.91 Å². The monoisotopic (exact) mass is 473 g/mol. The van der Waals surface area contributed by atoms with Crippen molar-refractivity contribution in [1.29, 1.82) is 0 Å². The molecule has 0 atom stereocenters. The Morgan fingerprint density at radius 3 is 2.39 bits per heavy atom. The van der Waals surface area contributed by atoms with E-state index in [0.717, 1.165) is 69.0 Å². The highest BCUT2D eigenvalue weighted by molar-refractivity contribution is 7.17. The number of rotatable bonds is 9. The van der Waals surface area contributed by atoms with Gasteiger partial charge in [-0.05, 0) is 49.1 Å². The van der Waals surface area contributed by atoms with Crippen molar-refractivity contribution < 1.29 is 23.8 Å². The summed E-state index contributed by atoms with van der Waals surface area (Å²) in [6, 6.07) is 7.58. The lowest BCUT2D eigenvalue weighted by Crippen LogP contribution is -2.49. The highest BCUT2D eigenvalue weighted by Gasteiger charge is 2.28. The van der Waals surface area contributed by atoms with Gasteiger partial charge >= 0.3 is 5.97 Å². The summed E-state index contributed by atoms with van der Waals surface area (Å²) in [6.07, 6.45) is 2.88. The Labute approximate surface area is 198 Å². The van der Waals surface area contributed by atoms with Gasteiger partial charge in [0.25, 0.3) is 0 Å². The molecule has 2 aromatic rings. The fourth-order valence-electron chi connectivity index (χ4n) is 4.32. The van der Waals surface area contributed by atoms with Crippen LogP contribution >= 0.6 is 11.3 Å². The van der Waals surface area contributed by atoms with Crippen molar-refractivity contribution in [2.45, 2.75) is 19.3 Å². The van der Waals surface area contributed by atoms with Crippen LogP contribution < -0.4 is 14.8 Å². The zero-order valence-corrected chi connectivity index (χ0v) is 20.0. The van der Waals surface area contributed by atoms with Crippen LogP contribution in [-0.4, -0.2) is 81.8 Å². The lowest BCUT2D eigenvalue weighted by molar-refractivity contribution is -0.117. The van der Waals surface area contributed by atoms with Crippen LogP contribution in [0.3, 0.4) is 0 Å². The predicted molar refractivity (Wildman–Crippen MR) is 128 cm³/mol. The van der Waals surface area contributed by atoms with Gasteiger partial charge in [0.1, 0.15) is 23.1 Å². The molecule has 0 saturated carbocycles. The summed E-state index contributed by atoms with van der Waals surface area (Å²) in [5, 5.41) is 3.60. The molecule has 1 aliphatic carbocycles. The maximum absolute atomic E-state index is 12.7. The standard InChI is InChI=1S/C24H31N3O5S/c1-30-17-6-8-18(9-7-17)32-15-14-26-10-12-27(13-11-26)16-21(28)25-23-22(24(29)31-2)19-4-3-5-20(19)33-23/h6-9H,3-5,10-16H2,1-2H3,(H,25,28). The molecule has 1 saturated heterocycles. The molecule has 33 heavy (non-hydrogen) atoms. The number of thiophene rings is 1. The van der Waals surface area contributed by atoms with E-state index in [1.807, 2.05) is 24.3 Å². The van der Waals surface area contributed by atoms with Gasteiger partial charge in [0.05, 0.1) is 26.3 Å². The average Bonchev–Trinajstić information content (AvgIpc) is 3.41. The molecule has 0 bridgehead atoms. The minimum Gasteiger partial charge on any atom is -0.497 e. The van der Waals surface area contributed by atoms with Crippen molar-refractivity contribution in [3.05, 3.63) is 40.3 Å². The van der Waals surface area contributed by atoms with Crippen LogP contribution in [0.4, 0.5) is 5.00 Å². The van der Waals surface area contributed by atoms with E-state index in [2.05, 4.69) is 15.1 Å². The smallest absolute Gasteiger partial charge is 0.341 e. The number of hydrogen-bond acceptors (Lipinski definition) is 8. The first kappa shape index (κ1) is 23.5. The Hall–Kier alpha value is -2.62. The maximum Gasteiger partial charge on any atom is 0.341 e. The third-order valence-corrected chi connectivity index (χ3v) is 7.34. The van der Waals surface area contributed by atoms with Crippen molar-refractivity contribution >= 4 is 28.2 Å². The number of nitrogens with one attached hydrogen (secondary N) is 1. The van der Waals surface area contributed by atoms with Crippen molar-refractivity contribution in [2.24, 2.45) is 0 Å². The summed E-state index contributed by atoms with van der Waals surface area (Å²) < 4.78 is 15.9. The number of ether oxygens (including phenoxy) is 3. The Morgan fingerprint density at radius 2 is 1.70 bits per heavy atom. The van der Waals surface area contributed by atoms with Gasteiger partial charge < -0.3 is 19.5 Å². The van der Waals surface area contributed by atoms with E-state index in [9.17, 15) is 9.59 Å². The summed E-state index contributed by atoms with van der Waals surface area (Å²) in [5.41, 5.74) is 1.60. The topological polar surface area (TPSA) is 80.3 Å². The molecule has 2 aliphatic rings. The maximum atomic E-state index is 12.7. The molecule has 1 N–H and O–H groups in total.